The number of pyridine rings is 1. The number of carbonyl (C=O) groups is 1. The van der Waals surface area contributed by atoms with Crippen LogP contribution in [0.2, 0.25) is 10.0 Å². The number of hydrogen-bond acceptors (Lipinski definition) is 3. The maximum Gasteiger partial charge on any atom is 0.253 e. The minimum atomic E-state index is -0.198. The molecule has 140 valence electrons. The SMILES string of the molecule is O=C(NCc1nc2ccccc2n1Cc1ccc(Cl)cc1Cl)c1cccnc1. The zero-order valence-corrected chi connectivity index (χ0v) is 16.3. The molecular weight excluding hydrogens is 395 g/mol. The van der Waals surface area contributed by atoms with Crippen LogP contribution >= 0.6 is 23.2 Å². The topological polar surface area (TPSA) is 59.8 Å². The molecule has 0 bridgehead atoms. The Morgan fingerprint density at radius 2 is 1.93 bits per heavy atom. The summed E-state index contributed by atoms with van der Waals surface area (Å²) in [5.74, 6) is 0.542. The van der Waals surface area contributed by atoms with Gasteiger partial charge in [0.15, 0.2) is 0 Å². The van der Waals surface area contributed by atoms with Crippen molar-refractivity contribution < 1.29 is 4.79 Å². The molecule has 0 atom stereocenters. The van der Waals surface area contributed by atoms with Crippen LogP contribution in [0.3, 0.4) is 0 Å². The zero-order valence-electron chi connectivity index (χ0n) is 14.8. The molecule has 28 heavy (non-hydrogen) atoms. The molecule has 0 saturated heterocycles. The summed E-state index contributed by atoms with van der Waals surface area (Å²) in [5.41, 5.74) is 3.26. The Morgan fingerprint density at radius 3 is 2.71 bits per heavy atom. The van der Waals surface area contributed by atoms with Crippen LogP contribution < -0.4 is 5.32 Å². The third-order valence-corrected chi connectivity index (χ3v) is 4.99. The van der Waals surface area contributed by atoms with Crippen LogP contribution in [0, 0.1) is 0 Å². The number of hydrogen-bond donors (Lipinski definition) is 1. The van der Waals surface area contributed by atoms with E-state index in [4.69, 9.17) is 23.2 Å². The molecule has 0 aliphatic carbocycles. The predicted molar refractivity (Wildman–Crippen MR) is 111 cm³/mol. The van der Waals surface area contributed by atoms with Crippen molar-refractivity contribution in [3.8, 4) is 0 Å². The summed E-state index contributed by atoms with van der Waals surface area (Å²) in [6.45, 7) is 0.808. The van der Waals surface area contributed by atoms with Gasteiger partial charge in [-0.15, -0.1) is 0 Å². The molecular formula is C21H16Cl2N4O. The van der Waals surface area contributed by atoms with E-state index in [1.54, 1.807) is 24.4 Å². The maximum absolute atomic E-state index is 12.4. The number of nitrogens with zero attached hydrogens (tertiary/aromatic N) is 3. The smallest absolute Gasteiger partial charge is 0.253 e. The third-order valence-electron chi connectivity index (χ3n) is 4.41. The minimum Gasteiger partial charge on any atom is -0.345 e. The largest absolute Gasteiger partial charge is 0.345 e. The summed E-state index contributed by atoms with van der Waals surface area (Å²) in [4.78, 5) is 21.0. The molecule has 0 spiro atoms. The van der Waals surface area contributed by atoms with Gasteiger partial charge >= 0.3 is 0 Å². The monoisotopic (exact) mass is 410 g/mol. The molecule has 5 nitrogen and oxygen atoms in total. The van der Waals surface area contributed by atoms with Gasteiger partial charge in [-0.3, -0.25) is 9.78 Å². The average Bonchev–Trinajstić information content (AvgIpc) is 3.06. The summed E-state index contributed by atoms with van der Waals surface area (Å²) < 4.78 is 2.05. The second kappa shape index (κ2) is 8.00. The summed E-state index contributed by atoms with van der Waals surface area (Å²) in [6, 6.07) is 16.7. The van der Waals surface area contributed by atoms with Crippen LogP contribution in [0.4, 0.5) is 0 Å². The van der Waals surface area contributed by atoms with E-state index in [1.165, 1.54) is 6.20 Å². The number of fused-ring (bicyclic) bond motifs is 1. The van der Waals surface area contributed by atoms with Gasteiger partial charge in [-0.2, -0.15) is 0 Å². The number of rotatable bonds is 5. The van der Waals surface area contributed by atoms with Gasteiger partial charge in [-0.1, -0.05) is 41.4 Å². The predicted octanol–water partition coefficient (Wildman–Crippen LogP) is 4.72. The van der Waals surface area contributed by atoms with Crippen LogP contribution in [0.25, 0.3) is 11.0 Å². The van der Waals surface area contributed by atoms with Gasteiger partial charge in [0.25, 0.3) is 5.91 Å². The van der Waals surface area contributed by atoms with Crippen molar-refractivity contribution in [2.45, 2.75) is 13.1 Å². The Bertz CT molecular complexity index is 1140. The van der Waals surface area contributed by atoms with Gasteiger partial charge in [0.05, 0.1) is 29.7 Å². The Labute approximate surface area is 171 Å². The van der Waals surface area contributed by atoms with Crippen molar-refractivity contribution in [3.05, 3.63) is 94.0 Å². The van der Waals surface area contributed by atoms with Gasteiger partial charge in [-0.05, 0) is 42.0 Å². The molecule has 1 amide bonds. The van der Waals surface area contributed by atoms with Crippen molar-refractivity contribution in [2.75, 3.05) is 0 Å². The first-order valence-electron chi connectivity index (χ1n) is 8.68. The molecule has 0 unspecified atom stereocenters. The van der Waals surface area contributed by atoms with Gasteiger partial charge < -0.3 is 9.88 Å². The van der Waals surface area contributed by atoms with Crippen LogP contribution in [0.5, 0.6) is 0 Å². The lowest BCUT2D eigenvalue weighted by Crippen LogP contribution is -2.25. The molecule has 2 heterocycles. The van der Waals surface area contributed by atoms with Gasteiger partial charge in [0.2, 0.25) is 0 Å². The number of carbonyl (C=O) groups excluding carboxylic acids is 1. The molecule has 0 saturated carbocycles. The van der Waals surface area contributed by atoms with E-state index >= 15 is 0 Å². The highest BCUT2D eigenvalue weighted by atomic mass is 35.5. The summed E-state index contributed by atoms with van der Waals surface area (Å²) in [6.07, 6.45) is 3.16. The van der Waals surface area contributed by atoms with Crippen molar-refractivity contribution in [1.29, 1.82) is 0 Å². The normalized spacial score (nSPS) is 10.9. The van der Waals surface area contributed by atoms with Crippen LogP contribution in [-0.2, 0) is 13.1 Å². The molecule has 2 aromatic heterocycles. The van der Waals surface area contributed by atoms with Crippen molar-refractivity contribution in [1.82, 2.24) is 19.9 Å². The van der Waals surface area contributed by atoms with Crippen LogP contribution in [-0.4, -0.2) is 20.4 Å². The molecule has 0 fully saturated rings. The van der Waals surface area contributed by atoms with Gasteiger partial charge in [-0.25, -0.2) is 4.98 Å². The Balaban J connectivity index is 1.64. The minimum absolute atomic E-state index is 0.198. The molecule has 0 aliphatic rings. The Morgan fingerprint density at radius 1 is 1.07 bits per heavy atom. The standard InChI is InChI=1S/C21H16Cl2N4O/c22-16-8-7-15(17(23)10-16)13-27-19-6-2-1-5-18(19)26-20(27)12-25-21(28)14-4-3-9-24-11-14/h1-11H,12-13H2,(H,25,28). The molecule has 2 aromatic carbocycles. The first-order valence-corrected chi connectivity index (χ1v) is 9.44. The first-order chi connectivity index (χ1) is 13.6. The summed E-state index contributed by atoms with van der Waals surface area (Å²) in [5, 5.41) is 4.09. The lowest BCUT2D eigenvalue weighted by molar-refractivity contribution is 0.0949. The van der Waals surface area contributed by atoms with Crippen molar-refractivity contribution in [3.63, 3.8) is 0 Å². The fourth-order valence-electron chi connectivity index (χ4n) is 3.02. The molecule has 7 heteroatoms. The summed E-state index contributed by atoms with van der Waals surface area (Å²) in [7, 11) is 0. The van der Waals surface area contributed by atoms with E-state index in [0.29, 0.717) is 22.2 Å². The van der Waals surface area contributed by atoms with Crippen molar-refractivity contribution in [2.24, 2.45) is 0 Å². The van der Waals surface area contributed by atoms with E-state index < -0.39 is 0 Å². The van der Waals surface area contributed by atoms with Crippen LogP contribution in [0.1, 0.15) is 21.7 Å². The van der Waals surface area contributed by atoms with Gasteiger partial charge in [0.1, 0.15) is 5.82 Å². The number of halogens is 2. The molecule has 0 radical (unpaired) electrons. The van der Waals surface area contributed by atoms with E-state index in [-0.39, 0.29) is 12.5 Å². The lowest BCUT2D eigenvalue weighted by atomic mass is 10.2. The van der Waals surface area contributed by atoms with E-state index in [2.05, 4.69) is 15.3 Å². The number of amides is 1. The van der Waals surface area contributed by atoms with E-state index in [0.717, 1.165) is 22.4 Å². The zero-order chi connectivity index (χ0) is 19.5. The van der Waals surface area contributed by atoms with Gasteiger partial charge in [0, 0.05) is 22.4 Å². The number of nitrogens with one attached hydrogen (secondary N) is 1. The highest BCUT2D eigenvalue weighted by molar-refractivity contribution is 6.35. The van der Waals surface area contributed by atoms with Crippen LogP contribution in [0.15, 0.2) is 67.0 Å². The lowest BCUT2D eigenvalue weighted by Gasteiger charge is -2.12. The number of para-hydroxylation sites is 2. The summed E-state index contributed by atoms with van der Waals surface area (Å²) >= 11 is 12.4. The second-order valence-electron chi connectivity index (χ2n) is 6.26. The van der Waals surface area contributed by atoms with Crippen molar-refractivity contribution >= 4 is 40.1 Å². The first kappa shape index (κ1) is 18.5. The van der Waals surface area contributed by atoms with E-state index in [1.807, 2.05) is 41.0 Å². The second-order valence-corrected chi connectivity index (χ2v) is 7.11. The molecule has 4 aromatic rings. The van der Waals surface area contributed by atoms with E-state index in [9.17, 15) is 4.79 Å². The molecule has 4 rings (SSSR count). The number of aromatic nitrogens is 3. The fourth-order valence-corrected chi connectivity index (χ4v) is 3.48. The molecule has 1 N–H and O–H groups in total. The Hall–Kier alpha value is -2.89. The third kappa shape index (κ3) is 3.86. The highest BCUT2D eigenvalue weighted by Crippen LogP contribution is 2.24. The quantitative estimate of drug-likeness (QED) is 0.517. The maximum atomic E-state index is 12.4. The highest BCUT2D eigenvalue weighted by Gasteiger charge is 2.14. The number of benzene rings is 2. The molecule has 0 aliphatic heterocycles. The number of imidazole rings is 1. The Kier molecular flexibility index (Phi) is 5.28. The average molecular weight is 411 g/mol. The fraction of sp³-hybridized carbons (Fsp3) is 0.0952.